The molecule has 20 heavy (non-hydrogen) atoms. The van der Waals surface area contributed by atoms with Gasteiger partial charge in [-0.1, -0.05) is 18.5 Å². The van der Waals surface area contributed by atoms with Gasteiger partial charge in [0.05, 0.1) is 17.9 Å². The lowest BCUT2D eigenvalue weighted by Crippen LogP contribution is -2.11. The number of rotatable bonds is 6. The number of hydrogen-bond acceptors (Lipinski definition) is 4. The Kier molecular flexibility index (Phi) is 5.09. The molecule has 0 bridgehead atoms. The zero-order valence-electron chi connectivity index (χ0n) is 10.9. The summed E-state index contributed by atoms with van der Waals surface area (Å²) in [6, 6.07) is 7.32. The largest absolute Gasteiger partial charge is 0.481 e. The predicted octanol–water partition coefficient (Wildman–Crippen LogP) is 3.95. The third-order valence-corrected chi connectivity index (χ3v) is 4.14. The number of benzene rings is 1. The molecule has 4 nitrogen and oxygen atoms in total. The van der Waals surface area contributed by atoms with Gasteiger partial charge in [-0.3, -0.25) is 4.79 Å². The molecule has 0 fully saturated rings. The summed E-state index contributed by atoms with van der Waals surface area (Å²) in [5.74, 6) is 1.22. The Morgan fingerprint density at radius 2 is 2.15 bits per heavy atom. The molecule has 0 saturated carbocycles. The average molecular weight is 312 g/mol. The van der Waals surface area contributed by atoms with E-state index in [1.165, 1.54) is 11.8 Å². The maximum absolute atomic E-state index is 10.7. The van der Waals surface area contributed by atoms with Gasteiger partial charge in [0.15, 0.2) is 5.76 Å². The van der Waals surface area contributed by atoms with Gasteiger partial charge < -0.3 is 9.52 Å². The van der Waals surface area contributed by atoms with E-state index in [-0.39, 0.29) is 5.92 Å². The molecule has 1 aromatic carbocycles. The van der Waals surface area contributed by atoms with Crippen molar-refractivity contribution in [2.24, 2.45) is 5.92 Å². The molecular weight excluding hydrogens is 298 g/mol. The summed E-state index contributed by atoms with van der Waals surface area (Å²) in [4.78, 5) is 14.9. The molecular formula is C14H14ClNO3S. The van der Waals surface area contributed by atoms with Crippen LogP contribution in [-0.2, 0) is 10.5 Å². The SMILES string of the molecule is CC(CSCc1ncc(-c2ccc(Cl)cc2)o1)C(=O)O. The van der Waals surface area contributed by atoms with Crippen molar-refractivity contribution >= 4 is 29.3 Å². The van der Waals surface area contributed by atoms with Crippen molar-refractivity contribution in [2.75, 3.05) is 5.75 Å². The number of oxazole rings is 1. The summed E-state index contributed by atoms with van der Waals surface area (Å²) >= 11 is 7.33. The number of carbonyl (C=O) groups is 1. The van der Waals surface area contributed by atoms with Gasteiger partial charge in [0.25, 0.3) is 0 Å². The van der Waals surface area contributed by atoms with E-state index in [1.54, 1.807) is 25.3 Å². The number of halogens is 1. The molecule has 0 amide bonds. The highest BCUT2D eigenvalue weighted by Crippen LogP contribution is 2.24. The van der Waals surface area contributed by atoms with Crippen molar-refractivity contribution in [1.82, 2.24) is 4.98 Å². The molecule has 106 valence electrons. The van der Waals surface area contributed by atoms with Crippen LogP contribution in [0.3, 0.4) is 0 Å². The highest BCUT2D eigenvalue weighted by Gasteiger charge is 2.12. The maximum atomic E-state index is 10.7. The summed E-state index contributed by atoms with van der Waals surface area (Å²) in [5.41, 5.74) is 0.914. The van der Waals surface area contributed by atoms with Crippen LogP contribution in [0.1, 0.15) is 12.8 Å². The second kappa shape index (κ2) is 6.81. The molecule has 1 unspecified atom stereocenters. The van der Waals surface area contributed by atoms with Crippen LogP contribution < -0.4 is 0 Å². The van der Waals surface area contributed by atoms with Gasteiger partial charge in [-0.2, -0.15) is 11.8 Å². The van der Waals surface area contributed by atoms with Gasteiger partial charge in [0.2, 0.25) is 5.89 Å². The van der Waals surface area contributed by atoms with Crippen molar-refractivity contribution in [3.63, 3.8) is 0 Å². The van der Waals surface area contributed by atoms with Gasteiger partial charge in [-0.25, -0.2) is 4.98 Å². The van der Waals surface area contributed by atoms with Gasteiger partial charge >= 0.3 is 5.97 Å². The number of aromatic nitrogens is 1. The highest BCUT2D eigenvalue weighted by molar-refractivity contribution is 7.98. The molecule has 2 aromatic rings. The van der Waals surface area contributed by atoms with Gasteiger partial charge in [-0.05, 0) is 24.3 Å². The van der Waals surface area contributed by atoms with Crippen LogP contribution >= 0.6 is 23.4 Å². The zero-order valence-corrected chi connectivity index (χ0v) is 12.4. The first-order valence-corrected chi connectivity index (χ1v) is 7.60. The topological polar surface area (TPSA) is 63.3 Å². The first kappa shape index (κ1) is 14.9. The number of aliphatic carboxylic acids is 1. The summed E-state index contributed by atoms with van der Waals surface area (Å²) < 4.78 is 5.63. The van der Waals surface area contributed by atoms with Crippen LogP contribution in [0.2, 0.25) is 5.02 Å². The van der Waals surface area contributed by atoms with Crippen LogP contribution in [-0.4, -0.2) is 21.8 Å². The third kappa shape index (κ3) is 4.02. The van der Waals surface area contributed by atoms with E-state index >= 15 is 0 Å². The fraction of sp³-hybridized carbons (Fsp3) is 0.286. The number of carboxylic acids is 1. The lowest BCUT2D eigenvalue weighted by molar-refractivity contribution is -0.140. The van der Waals surface area contributed by atoms with E-state index < -0.39 is 5.97 Å². The number of hydrogen-bond donors (Lipinski definition) is 1. The van der Waals surface area contributed by atoms with Crippen molar-refractivity contribution in [2.45, 2.75) is 12.7 Å². The van der Waals surface area contributed by atoms with Crippen LogP contribution in [0.5, 0.6) is 0 Å². The van der Waals surface area contributed by atoms with Crippen LogP contribution in [0, 0.1) is 5.92 Å². The monoisotopic (exact) mass is 311 g/mol. The van der Waals surface area contributed by atoms with Crippen molar-refractivity contribution < 1.29 is 14.3 Å². The number of carboxylic acid groups (broad SMARTS) is 1. The second-order valence-corrected chi connectivity index (χ2v) is 5.85. The van der Waals surface area contributed by atoms with Crippen molar-refractivity contribution in [1.29, 1.82) is 0 Å². The minimum atomic E-state index is -0.785. The molecule has 0 aliphatic carbocycles. The first-order chi connectivity index (χ1) is 9.56. The molecule has 1 aromatic heterocycles. The van der Waals surface area contributed by atoms with Gasteiger partial charge in [0, 0.05) is 16.3 Å². The van der Waals surface area contributed by atoms with E-state index in [0.29, 0.717) is 28.2 Å². The maximum Gasteiger partial charge on any atom is 0.307 e. The minimum Gasteiger partial charge on any atom is -0.481 e. The fourth-order valence-corrected chi connectivity index (χ4v) is 2.57. The third-order valence-electron chi connectivity index (χ3n) is 2.70. The first-order valence-electron chi connectivity index (χ1n) is 6.07. The Hall–Kier alpha value is -1.46. The number of nitrogens with zero attached hydrogens (tertiary/aromatic N) is 1. The lowest BCUT2D eigenvalue weighted by Gasteiger charge is -2.03. The molecule has 1 heterocycles. The standard InChI is InChI=1S/C14H14ClNO3S/c1-9(14(17)18)7-20-8-13-16-6-12(19-13)10-2-4-11(15)5-3-10/h2-6,9H,7-8H2,1H3,(H,17,18). The Morgan fingerprint density at radius 1 is 1.45 bits per heavy atom. The molecule has 0 aliphatic rings. The zero-order chi connectivity index (χ0) is 14.5. The molecule has 1 N–H and O–H groups in total. The normalized spacial score (nSPS) is 12.3. The van der Waals surface area contributed by atoms with E-state index in [1.807, 2.05) is 12.1 Å². The van der Waals surface area contributed by atoms with E-state index in [2.05, 4.69) is 4.98 Å². The summed E-state index contributed by atoms with van der Waals surface area (Å²) in [6.45, 7) is 1.68. The Balaban J connectivity index is 1.92. The van der Waals surface area contributed by atoms with Crippen molar-refractivity contribution in [3.8, 4) is 11.3 Å². The van der Waals surface area contributed by atoms with Crippen LogP contribution in [0.15, 0.2) is 34.9 Å². The molecule has 0 radical (unpaired) electrons. The number of thioether (sulfide) groups is 1. The summed E-state index contributed by atoms with van der Waals surface area (Å²) in [6.07, 6.45) is 1.67. The van der Waals surface area contributed by atoms with E-state index in [4.69, 9.17) is 21.1 Å². The van der Waals surface area contributed by atoms with Crippen molar-refractivity contribution in [3.05, 3.63) is 41.4 Å². The van der Waals surface area contributed by atoms with E-state index in [0.717, 1.165) is 5.56 Å². The lowest BCUT2D eigenvalue weighted by atomic mass is 10.2. The van der Waals surface area contributed by atoms with Gasteiger partial charge in [-0.15, -0.1) is 0 Å². The Labute approximate surface area is 126 Å². The van der Waals surface area contributed by atoms with Crippen LogP contribution in [0.25, 0.3) is 11.3 Å². The predicted molar refractivity (Wildman–Crippen MR) is 79.9 cm³/mol. The second-order valence-electron chi connectivity index (χ2n) is 4.38. The quantitative estimate of drug-likeness (QED) is 0.875. The van der Waals surface area contributed by atoms with Crippen LogP contribution in [0.4, 0.5) is 0 Å². The van der Waals surface area contributed by atoms with E-state index in [9.17, 15) is 4.79 Å². The van der Waals surface area contributed by atoms with Gasteiger partial charge in [0.1, 0.15) is 0 Å². The Morgan fingerprint density at radius 3 is 2.80 bits per heavy atom. The molecule has 0 spiro atoms. The molecule has 2 rings (SSSR count). The average Bonchev–Trinajstić information content (AvgIpc) is 2.88. The summed E-state index contributed by atoms with van der Waals surface area (Å²) in [7, 11) is 0. The fourth-order valence-electron chi connectivity index (χ4n) is 1.52. The summed E-state index contributed by atoms with van der Waals surface area (Å²) in [5, 5.41) is 9.46. The highest BCUT2D eigenvalue weighted by atomic mass is 35.5. The molecule has 6 heteroatoms. The molecule has 0 aliphatic heterocycles. The molecule has 1 atom stereocenters. The molecule has 0 saturated heterocycles. The smallest absolute Gasteiger partial charge is 0.307 e. The Bertz CT molecular complexity index is 582. The minimum absolute atomic E-state index is 0.370.